The van der Waals surface area contributed by atoms with Gasteiger partial charge >= 0.3 is 5.97 Å². The molecule has 2 aromatic rings. The molecule has 2 heterocycles. The minimum absolute atomic E-state index is 0.0330. The van der Waals surface area contributed by atoms with Crippen molar-refractivity contribution in [1.82, 2.24) is 14.8 Å². The van der Waals surface area contributed by atoms with E-state index in [2.05, 4.69) is 4.98 Å². The van der Waals surface area contributed by atoms with Crippen molar-refractivity contribution in [2.75, 3.05) is 32.5 Å². The lowest BCUT2D eigenvalue weighted by molar-refractivity contribution is -0.148. The molecular weight excluding hydrogens is 348 g/mol. The number of ether oxygens (including phenoxy) is 1. The average Bonchev–Trinajstić information content (AvgIpc) is 2.65. The fourth-order valence-corrected chi connectivity index (χ4v) is 3.19. The predicted octanol–water partition coefficient (Wildman–Crippen LogP) is 1.14. The SMILES string of the molecule is COc1cccc(CN2CCN([C@H](C(=O)O)c3ccc(N)nc3)CC2=O)c1. The van der Waals surface area contributed by atoms with Crippen LogP contribution in [-0.2, 0) is 16.1 Å². The molecule has 142 valence electrons. The normalized spacial score (nSPS) is 16.2. The number of hydrogen-bond acceptors (Lipinski definition) is 6. The molecule has 0 spiro atoms. The third-order valence-electron chi connectivity index (χ3n) is 4.58. The second-order valence-electron chi connectivity index (χ2n) is 6.39. The first-order valence-corrected chi connectivity index (χ1v) is 8.57. The van der Waals surface area contributed by atoms with Crippen molar-refractivity contribution in [3.8, 4) is 5.75 Å². The van der Waals surface area contributed by atoms with Crippen LogP contribution in [0.15, 0.2) is 42.6 Å². The first-order chi connectivity index (χ1) is 13.0. The average molecular weight is 370 g/mol. The highest BCUT2D eigenvalue weighted by Crippen LogP contribution is 2.24. The number of carboxylic acid groups (broad SMARTS) is 1. The predicted molar refractivity (Wildman–Crippen MR) is 99.0 cm³/mol. The van der Waals surface area contributed by atoms with E-state index in [4.69, 9.17) is 10.5 Å². The van der Waals surface area contributed by atoms with E-state index in [-0.39, 0.29) is 12.5 Å². The molecule has 0 aliphatic carbocycles. The highest BCUT2D eigenvalue weighted by Gasteiger charge is 2.34. The number of anilines is 1. The number of rotatable bonds is 6. The van der Waals surface area contributed by atoms with Crippen molar-refractivity contribution in [3.63, 3.8) is 0 Å². The monoisotopic (exact) mass is 370 g/mol. The van der Waals surface area contributed by atoms with Gasteiger partial charge in [-0.05, 0) is 29.3 Å². The molecule has 0 radical (unpaired) electrons. The smallest absolute Gasteiger partial charge is 0.325 e. The van der Waals surface area contributed by atoms with Crippen molar-refractivity contribution in [3.05, 3.63) is 53.7 Å². The Kier molecular flexibility index (Phi) is 5.56. The summed E-state index contributed by atoms with van der Waals surface area (Å²) in [4.78, 5) is 31.7. The van der Waals surface area contributed by atoms with Crippen molar-refractivity contribution in [2.24, 2.45) is 0 Å². The maximum Gasteiger partial charge on any atom is 0.325 e. The summed E-state index contributed by atoms with van der Waals surface area (Å²) < 4.78 is 5.21. The lowest BCUT2D eigenvalue weighted by Gasteiger charge is -2.37. The van der Waals surface area contributed by atoms with Crippen LogP contribution in [0.25, 0.3) is 0 Å². The Bertz CT molecular complexity index is 825. The Morgan fingerprint density at radius 2 is 2.15 bits per heavy atom. The van der Waals surface area contributed by atoms with Crippen LogP contribution >= 0.6 is 0 Å². The molecule has 0 unspecified atom stereocenters. The molecule has 1 saturated heterocycles. The van der Waals surface area contributed by atoms with E-state index in [0.29, 0.717) is 31.0 Å². The molecule has 8 heteroatoms. The van der Waals surface area contributed by atoms with Crippen LogP contribution in [0.3, 0.4) is 0 Å². The van der Waals surface area contributed by atoms with E-state index in [1.165, 1.54) is 6.20 Å². The van der Waals surface area contributed by atoms with Crippen molar-refractivity contribution >= 4 is 17.7 Å². The summed E-state index contributed by atoms with van der Waals surface area (Å²) in [5.41, 5.74) is 7.05. The van der Waals surface area contributed by atoms with Gasteiger partial charge in [-0.2, -0.15) is 0 Å². The van der Waals surface area contributed by atoms with Crippen LogP contribution in [0.5, 0.6) is 5.75 Å². The third kappa shape index (κ3) is 4.35. The van der Waals surface area contributed by atoms with Gasteiger partial charge in [0.05, 0.1) is 13.7 Å². The maximum absolute atomic E-state index is 12.6. The van der Waals surface area contributed by atoms with Crippen molar-refractivity contribution in [1.29, 1.82) is 0 Å². The van der Waals surface area contributed by atoms with E-state index in [1.54, 1.807) is 29.0 Å². The number of nitrogen functional groups attached to an aromatic ring is 1. The second kappa shape index (κ2) is 8.05. The molecular formula is C19H22N4O4. The number of methoxy groups -OCH3 is 1. The molecule has 1 fully saturated rings. The number of pyridine rings is 1. The number of nitrogens with two attached hydrogens (primary N) is 1. The quantitative estimate of drug-likeness (QED) is 0.785. The summed E-state index contributed by atoms with van der Waals surface area (Å²) in [6.45, 7) is 1.40. The van der Waals surface area contributed by atoms with Crippen LogP contribution in [-0.4, -0.2) is 58.5 Å². The largest absolute Gasteiger partial charge is 0.497 e. The summed E-state index contributed by atoms with van der Waals surface area (Å²) in [7, 11) is 1.60. The number of carbonyl (C=O) groups is 2. The zero-order valence-corrected chi connectivity index (χ0v) is 15.0. The van der Waals surface area contributed by atoms with Gasteiger partial charge in [0.15, 0.2) is 0 Å². The minimum atomic E-state index is -1.02. The highest BCUT2D eigenvalue weighted by atomic mass is 16.5. The highest BCUT2D eigenvalue weighted by molar-refractivity contribution is 5.81. The number of benzene rings is 1. The molecule has 1 amide bonds. The molecule has 0 saturated carbocycles. The fraction of sp³-hybridized carbons (Fsp3) is 0.316. The van der Waals surface area contributed by atoms with E-state index >= 15 is 0 Å². The van der Waals surface area contributed by atoms with Crippen LogP contribution in [0, 0.1) is 0 Å². The van der Waals surface area contributed by atoms with Crippen LogP contribution in [0.2, 0.25) is 0 Å². The van der Waals surface area contributed by atoms with Gasteiger partial charge in [0.2, 0.25) is 5.91 Å². The Balaban J connectivity index is 1.70. The second-order valence-corrected chi connectivity index (χ2v) is 6.39. The number of carboxylic acids is 1. The van der Waals surface area contributed by atoms with Gasteiger partial charge in [0, 0.05) is 25.8 Å². The van der Waals surface area contributed by atoms with Gasteiger partial charge in [-0.25, -0.2) is 4.98 Å². The van der Waals surface area contributed by atoms with Gasteiger partial charge in [-0.1, -0.05) is 18.2 Å². The van der Waals surface area contributed by atoms with E-state index in [1.807, 2.05) is 24.3 Å². The van der Waals surface area contributed by atoms with Crippen molar-refractivity contribution in [2.45, 2.75) is 12.6 Å². The lowest BCUT2D eigenvalue weighted by atomic mass is 10.1. The van der Waals surface area contributed by atoms with E-state index < -0.39 is 12.0 Å². The molecule has 3 N–H and O–H groups in total. The molecule has 8 nitrogen and oxygen atoms in total. The summed E-state index contributed by atoms with van der Waals surface area (Å²) in [6.07, 6.45) is 1.45. The number of nitrogens with zero attached hydrogens (tertiary/aromatic N) is 3. The Morgan fingerprint density at radius 3 is 2.78 bits per heavy atom. The zero-order chi connectivity index (χ0) is 19.4. The molecule has 1 aromatic carbocycles. The summed E-state index contributed by atoms with van der Waals surface area (Å²) in [5.74, 6) is -0.0724. The molecule has 1 atom stereocenters. The first-order valence-electron chi connectivity index (χ1n) is 8.57. The standard InChI is InChI=1S/C19H22N4O4/c1-27-15-4-2-3-13(9-15)11-22-7-8-23(12-17(22)24)18(19(25)26)14-5-6-16(20)21-10-14/h2-6,9-10,18H,7-8,11-12H2,1H3,(H2,20,21)(H,25,26)/t18-/m0/s1. The van der Waals surface area contributed by atoms with Gasteiger partial charge < -0.3 is 20.5 Å². The number of aromatic nitrogens is 1. The number of aliphatic carboxylic acids is 1. The van der Waals surface area contributed by atoms with Gasteiger partial charge in [-0.3, -0.25) is 14.5 Å². The molecule has 1 aliphatic rings. The number of hydrogen-bond donors (Lipinski definition) is 2. The molecule has 0 bridgehead atoms. The van der Waals surface area contributed by atoms with Crippen molar-refractivity contribution < 1.29 is 19.4 Å². The number of amides is 1. The maximum atomic E-state index is 12.6. The fourth-order valence-electron chi connectivity index (χ4n) is 3.19. The van der Waals surface area contributed by atoms with Gasteiger partial charge in [-0.15, -0.1) is 0 Å². The summed E-state index contributed by atoms with van der Waals surface area (Å²) in [6, 6.07) is 9.81. The third-order valence-corrected chi connectivity index (χ3v) is 4.58. The van der Waals surface area contributed by atoms with E-state index in [0.717, 1.165) is 11.3 Å². The summed E-state index contributed by atoms with van der Waals surface area (Å²) >= 11 is 0. The van der Waals surface area contributed by atoms with Crippen LogP contribution < -0.4 is 10.5 Å². The zero-order valence-electron chi connectivity index (χ0n) is 15.0. The topological polar surface area (TPSA) is 109 Å². The molecule has 1 aromatic heterocycles. The summed E-state index contributed by atoms with van der Waals surface area (Å²) in [5, 5.41) is 9.65. The number of piperazine rings is 1. The first kappa shape index (κ1) is 18.7. The molecule has 1 aliphatic heterocycles. The van der Waals surface area contributed by atoms with Gasteiger partial charge in [0.1, 0.15) is 17.6 Å². The Labute approximate surface area is 157 Å². The van der Waals surface area contributed by atoms with Crippen LogP contribution in [0.4, 0.5) is 5.82 Å². The number of carbonyl (C=O) groups excluding carboxylic acids is 1. The Morgan fingerprint density at radius 1 is 1.33 bits per heavy atom. The lowest BCUT2D eigenvalue weighted by Crippen LogP contribution is -2.52. The van der Waals surface area contributed by atoms with E-state index in [9.17, 15) is 14.7 Å². The van der Waals surface area contributed by atoms with Crippen LogP contribution in [0.1, 0.15) is 17.2 Å². The Hall–Kier alpha value is -3.13. The van der Waals surface area contributed by atoms with Gasteiger partial charge in [0.25, 0.3) is 0 Å². The molecule has 3 rings (SSSR count). The minimum Gasteiger partial charge on any atom is -0.497 e. The molecule has 27 heavy (non-hydrogen) atoms.